The lowest BCUT2D eigenvalue weighted by atomic mass is 10.2. The van der Waals surface area contributed by atoms with Crippen LogP contribution in [0.2, 0.25) is 5.02 Å². The summed E-state index contributed by atoms with van der Waals surface area (Å²) in [5.74, 6) is 0.410. The van der Waals surface area contributed by atoms with Crippen LogP contribution in [0.4, 0.5) is 0 Å². The highest BCUT2D eigenvalue weighted by Gasteiger charge is 2.18. The van der Waals surface area contributed by atoms with Gasteiger partial charge in [0, 0.05) is 20.0 Å². The largest absolute Gasteiger partial charge is 0.768 e. The van der Waals surface area contributed by atoms with Gasteiger partial charge < -0.3 is 4.55 Å². The Hall–Kier alpha value is -3.11. The smallest absolute Gasteiger partial charge is 0.269 e. The number of hydrogen-bond acceptors (Lipinski definition) is 5. The monoisotopic (exact) mass is 539 g/mol. The van der Waals surface area contributed by atoms with E-state index < -0.39 is 11.1 Å². The zero-order chi connectivity index (χ0) is 23.1. The summed E-state index contributed by atoms with van der Waals surface area (Å²) in [5, 5.41) is 5.18. The fraction of sp³-hybridized carbons (Fsp3) is 0. The maximum absolute atomic E-state index is 13.6. The third kappa shape index (κ3) is 4.04. The van der Waals surface area contributed by atoms with Gasteiger partial charge in [-0.05, 0) is 65.7 Å². The minimum absolute atomic E-state index is 0.110. The highest BCUT2D eigenvalue weighted by molar-refractivity contribution is 9.10. The van der Waals surface area contributed by atoms with Gasteiger partial charge in [0.25, 0.3) is 5.56 Å². The Morgan fingerprint density at radius 1 is 0.970 bits per heavy atom. The SMILES string of the molecule is O=c1c2cnn(-c3cccc(S(=O)[O-])c3)c2nc(-c2ccc(Br)cc2)n1-c1ccc(Cl)cc1. The molecule has 5 aromatic rings. The number of halogens is 2. The quantitative estimate of drug-likeness (QED) is 0.303. The zero-order valence-electron chi connectivity index (χ0n) is 16.7. The molecule has 1 unspecified atom stereocenters. The van der Waals surface area contributed by atoms with Gasteiger partial charge in [-0.1, -0.05) is 45.7 Å². The van der Waals surface area contributed by atoms with E-state index in [1.54, 1.807) is 36.4 Å². The van der Waals surface area contributed by atoms with E-state index in [2.05, 4.69) is 21.0 Å². The summed E-state index contributed by atoms with van der Waals surface area (Å²) in [5.41, 5.74) is 1.80. The molecule has 0 N–H and O–H groups in total. The fourth-order valence-electron chi connectivity index (χ4n) is 3.50. The minimum atomic E-state index is -2.40. The highest BCUT2D eigenvalue weighted by atomic mass is 79.9. The minimum Gasteiger partial charge on any atom is -0.768 e. The van der Waals surface area contributed by atoms with Gasteiger partial charge in [-0.25, -0.2) is 9.67 Å². The van der Waals surface area contributed by atoms with Crippen LogP contribution in [0.1, 0.15) is 0 Å². The van der Waals surface area contributed by atoms with Crippen LogP contribution in [0.15, 0.2) is 93.2 Å². The van der Waals surface area contributed by atoms with E-state index in [9.17, 15) is 13.6 Å². The summed E-state index contributed by atoms with van der Waals surface area (Å²) in [6.07, 6.45) is 1.43. The summed E-state index contributed by atoms with van der Waals surface area (Å²) in [6.45, 7) is 0. The van der Waals surface area contributed by atoms with Crippen LogP contribution in [0, 0.1) is 0 Å². The standard InChI is InChI=1S/C23H14BrClN4O3S/c24-15-6-4-14(5-7-15)21-27-22-20(23(30)28(21)17-10-8-16(25)9-11-17)13-26-29(22)18-2-1-3-19(12-18)33(31)32/h1-13H,(H,31,32)/p-1. The molecule has 3 aromatic carbocycles. The number of nitrogens with zero attached hydrogens (tertiary/aromatic N) is 4. The molecule has 0 bridgehead atoms. The molecule has 0 spiro atoms. The molecule has 0 amide bonds. The lowest BCUT2D eigenvalue weighted by Gasteiger charge is -2.14. The fourth-order valence-corrected chi connectivity index (χ4v) is 4.29. The number of rotatable bonds is 4. The molecule has 2 heterocycles. The van der Waals surface area contributed by atoms with Crippen LogP contribution >= 0.6 is 27.5 Å². The van der Waals surface area contributed by atoms with Crippen LogP contribution in [0.5, 0.6) is 0 Å². The van der Waals surface area contributed by atoms with Crippen molar-refractivity contribution >= 4 is 49.6 Å². The van der Waals surface area contributed by atoms with Crippen LogP contribution in [-0.2, 0) is 11.1 Å². The van der Waals surface area contributed by atoms with Gasteiger partial charge in [0.15, 0.2) is 5.65 Å². The van der Waals surface area contributed by atoms with E-state index in [1.165, 1.54) is 27.6 Å². The molecule has 2 aromatic heterocycles. The van der Waals surface area contributed by atoms with Crippen molar-refractivity contribution in [2.75, 3.05) is 0 Å². The molecule has 0 aliphatic heterocycles. The summed E-state index contributed by atoms with van der Waals surface area (Å²) in [4.78, 5) is 18.5. The number of fused-ring (bicyclic) bond motifs is 1. The summed E-state index contributed by atoms with van der Waals surface area (Å²) < 4.78 is 26.7. The van der Waals surface area contributed by atoms with E-state index in [0.717, 1.165) is 4.47 Å². The second-order valence-corrected chi connectivity index (χ2v) is 9.38. The molecule has 33 heavy (non-hydrogen) atoms. The topological polar surface area (TPSA) is 92.8 Å². The molecular formula is C23H13BrClN4O3S-. The molecule has 0 radical (unpaired) electrons. The molecule has 5 rings (SSSR count). The summed E-state index contributed by atoms with van der Waals surface area (Å²) >= 11 is 7.08. The summed E-state index contributed by atoms with van der Waals surface area (Å²) in [7, 11) is 0. The van der Waals surface area contributed by atoms with Crippen LogP contribution in [0.3, 0.4) is 0 Å². The summed E-state index contributed by atoms with van der Waals surface area (Å²) in [6, 6.07) is 20.6. The first-order chi connectivity index (χ1) is 15.9. The van der Waals surface area contributed by atoms with Gasteiger partial charge in [-0.2, -0.15) is 5.10 Å². The normalized spacial score (nSPS) is 12.2. The average molecular weight is 541 g/mol. The van der Waals surface area contributed by atoms with Crippen LogP contribution in [0.25, 0.3) is 33.8 Å². The average Bonchev–Trinajstić information content (AvgIpc) is 3.25. The van der Waals surface area contributed by atoms with Crippen molar-refractivity contribution in [1.82, 2.24) is 19.3 Å². The number of aromatic nitrogens is 4. The van der Waals surface area contributed by atoms with Crippen molar-refractivity contribution in [2.24, 2.45) is 0 Å². The van der Waals surface area contributed by atoms with Crippen molar-refractivity contribution in [3.8, 4) is 22.8 Å². The molecule has 164 valence electrons. The van der Waals surface area contributed by atoms with E-state index >= 15 is 0 Å². The predicted molar refractivity (Wildman–Crippen MR) is 130 cm³/mol. The van der Waals surface area contributed by atoms with E-state index in [4.69, 9.17) is 16.6 Å². The van der Waals surface area contributed by atoms with Crippen molar-refractivity contribution in [2.45, 2.75) is 4.90 Å². The molecular weight excluding hydrogens is 528 g/mol. The predicted octanol–water partition coefficient (Wildman–Crippen LogP) is 4.89. The zero-order valence-corrected chi connectivity index (χ0v) is 19.8. The first-order valence-electron chi connectivity index (χ1n) is 9.65. The second-order valence-electron chi connectivity index (χ2n) is 7.09. The van der Waals surface area contributed by atoms with E-state index in [0.29, 0.717) is 38.8 Å². The maximum atomic E-state index is 13.6. The molecule has 0 fully saturated rings. The molecule has 0 saturated heterocycles. The van der Waals surface area contributed by atoms with Gasteiger partial charge in [0.2, 0.25) is 0 Å². The highest BCUT2D eigenvalue weighted by Crippen LogP contribution is 2.26. The van der Waals surface area contributed by atoms with Crippen molar-refractivity contribution in [3.63, 3.8) is 0 Å². The lowest BCUT2D eigenvalue weighted by molar-refractivity contribution is 0.537. The van der Waals surface area contributed by atoms with Gasteiger partial charge >= 0.3 is 0 Å². The van der Waals surface area contributed by atoms with E-state index in [-0.39, 0.29) is 10.5 Å². The first kappa shape index (κ1) is 21.7. The van der Waals surface area contributed by atoms with Crippen LogP contribution < -0.4 is 5.56 Å². The Morgan fingerprint density at radius 2 is 1.70 bits per heavy atom. The molecule has 0 aliphatic carbocycles. The van der Waals surface area contributed by atoms with E-state index in [1.807, 2.05) is 24.3 Å². The Morgan fingerprint density at radius 3 is 2.39 bits per heavy atom. The third-order valence-electron chi connectivity index (χ3n) is 5.04. The number of hydrogen-bond donors (Lipinski definition) is 0. The molecule has 1 atom stereocenters. The van der Waals surface area contributed by atoms with Gasteiger partial charge in [-0.3, -0.25) is 13.6 Å². The van der Waals surface area contributed by atoms with Crippen molar-refractivity contribution < 1.29 is 8.76 Å². The Kier molecular flexibility index (Phi) is 5.71. The van der Waals surface area contributed by atoms with Crippen molar-refractivity contribution in [1.29, 1.82) is 0 Å². The van der Waals surface area contributed by atoms with Crippen LogP contribution in [-0.4, -0.2) is 28.1 Å². The van der Waals surface area contributed by atoms with Gasteiger partial charge in [0.1, 0.15) is 11.2 Å². The van der Waals surface area contributed by atoms with Crippen molar-refractivity contribution in [3.05, 3.63) is 98.8 Å². The Balaban J connectivity index is 1.82. The molecule has 0 saturated carbocycles. The first-order valence-corrected chi connectivity index (χ1v) is 11.9. The molecule has 0 aliphatic rings. The molecule has 10 heteroatoms. The number of benzene rings is 3. The maximum Gasteiger partial charge on any atom is 0.269 e. The Labute approximate surface area is 203 Å². The lowest BCUT2D eigenvalue weighted by Crippen LogP contribution is -2.22. The Bertz CT molecular complexity index is 1580. The van der Waals surface area contributed by atoms with Gasteiger partial charge in [-0.15, -0.1) is 0 Å². The van der Waals surface area contributed by atoms with Gasteiger partial charge in [0.05, 0.1) is 17.6 Å². The second kappa shape index (κ2) is 8.68. The third-order valence-corrected chi connectivity index (χ3v) is 6.46. The molecule has 7 nitrogen and oxygen atoms in total.